The lowest BCUT2D eigenvalue weighted by Gasteiger charge is -2.04. The molecule has 0 radical (unpaired) electrons. The van der Waals surface area contributed by atoms with Crippen molar-refractivity contribution in [2.75, 3.05) is 11.9 Å². The summed E-state index contributed by atoms with van der Waals surface area (Å²) >= 11 is 1.55. The van der Waals surface area contributed by atoms with Crippen LogP contribution in [0.5, 0.6) is 0 Å². The van der Waals surface area contributed by atoms with E-state index in [1.54, 1.807) is 28.8 Å². The van der Waals surface area contributed by atoms with E-state index in [0.717, 1.165) is 10.7 Å². The van der Waals surface area contributed by atoms with E-state index in [0.29, 0.717) is 6.42 Å². The lowest BCUT2D eigenvalue weighted by molar-refractivity contribution is -0.117. The normalized spacial score (nSPS) is 16.1. The number of rotatable bonds is 0. The summed E-state index contributed by atoms with van der Waals surface area (Å²) in [5, 5.41) is 0. The number of anilines is 1. The Morgan fingerprint density at radius 2 is 2.60 bits per heavy atom. The fraction of sp³-hybridized carbons (Fsp3) is 0.333. The number of fused-ring (bicyclic) bond motifs is 1. The highest BCUT2D eigenvalue weighted by molar-refractivity contribution is 7.10. The molecule has 2 heterocycles. The number of amides is 1. The minimum absolute atomic E-state index is 0.148. The highest BCUT2D eigenvalue weighted by atomic mass is 32.1. The van der Waals surface area contributed by atoms with Gasteiger partial charge in [0.1, 0.15) is 5.82 Å². The fourth-order valence-electron chi connectivity index (χ4n) is 1.03. The van der Waals surface area contributed by atoms with Gasteiger partial charge in [-0.1, -0.05) is 0 Å². The molecule has 0 saturated heterocycles. The van der Waals surface area contributed by atoms with Crippen LogP contribution in [0.2, 0.25) is 0 Å². The Labute approximate surface area is 62.3 Å². The number of thiazole rings is 1. The number of hydrogen-bond acceptors (Lipinski definition) is 3. The second-order valence-corrected chi connectivity index (χ2v) is 3.17. The van der Waals surface area contributed by atoms with Crippen molar-refractivity contribution in [2.24, 2.45) is 0 Å². The van der Waals surface area contributed by atoms with Crippen LogP contribution >= 0.6 is 11.3 Å². The maximum absolute atomic E-state index is 11.0. The zero-order valence-electron chi connectivity index (χ0n) is 5.50. The first-order chi connectivity index (χ1) is 4.79. The van der Waals surface area contributed by atoms with Gasteiger partial charge < -0.3 is 0 Å². The van der Waals surface area contributed by atoms with Crippen LogP contribution in [0.3, 0.4) is 0 Å². The standard InChI is InChI=1S/C6H6N2OS/c1-8-5(9)2-4-6(8)7-3-10-4/h3H,2H2,1H3. The smallest absolute Gasteiger partial charge is 0.233 e. The van der Waals surface area contributed by atoms with E-state index < -0.39 is 0 Å². The van der Waals surface area contributed by atoms with Crippen molar-refractivity contribution in [3.63, 3.8) is 0 Å². The summed E-state index contributed by atoms with van der Waals surface area (Å²) in [4.78, 5) is 17.7. The van der Waals surface area contributed by atoms with Crippen LogP contribution in [0.4, 0.5) is 5.82 Å². The van der Waals surface area contributed by atoms with Gasteiger partial charge in [0.2, 0.25) is 5.91 Å². The minimum atomic E-state index is 0.148. The molecule has 0 fully saturated rings. The predicted octanol–water partition coefficient (Wildman–Crippen LogP) is 0.662. The van der Waals surface area contributed by atoms with Crippen molar-refractivity contribution in [3.8, 4) is 0 Å². The third-order valence-electron chi connectivity index (χ3n) is 1.62. The van der Waals surface area contributed by atoms with E-state index in [-0.39, 0.29) is 5.91 Å². The van der Waals surface area contributed by atoms with Crippen LogP contribution in [-0.4, -0.2) is 17.9 Å². The Morgan fingerprint density at radius 1 is 1.80 bits per heavy atom. The molecule has 0 spiro atoms. The van der Waals surface area contributed by atoms with Crippen LogP contribution in [0.15, 0.2) is 5.51 Å². The number of hydrogen-bond donors (Lipinski definition) is 0. The summed E-state index contributed by atoms with van der Waals surface area (Å²) in [6.07, 6.45) is 0.538. The van der Waals surface area contributed by atoms with Gasteiger partial charge in [0.05, 0.1) is 16.8 Å². The monoisotopic (exact) mass is 154 g/mol. The Hall–Kier alpha value is -0.900. The Morgan fingerprint density at radius 3 is 3.30 bits per heavy atom. The Kier molecular flexibility index (Phi) is 1.05. The second-order valence-electron chi connectivity index (χ2n) is 2.23. The SMILES string of the molecule is CN1C(=O)Cc2scnc21. The van der Waals surface area contributed by atoms with Crippen molar-refractivity contribution in [3.05, 3.63) is 10.4 Å². The first-order valence-electron chi connectivity index (χ1n) is 2.98. The van der Waals surface area contributed by atoms with Gasteiger partial charge in [-0.15, -0.1) is 11.3 Å². The van der Waals surface area contributed by atoms with E-state index in [1.165, 1.54) is 0 Å². The largest absolute Gasteiger partial charge is 0.299 e. The maximum atomic E-state index is 11.0. The average Bonchev–Trinajstić information content (AvgIpc) is 2.41. The van der Waals surface area contributed by atoms with Gasteiger partial charge in [0, 0.05) is 7.05 Å². The van der Waals surface area contributed by atoms with Gasteiger partial charge in [-0.05, 0) is 0 Å². The molecule has 10 heavy (non-hydrogen) atoms. The summed E-state index contributed by atoms with van der Waals surface area (Å²) in [6.45, 7) is 0. The molecule has 0 atom stereocenters. The number of carbonyl (C=O) groups excluding carboxylic acids is 1. The van der Waals surface area contributed by atoms with Crippen molar-refractivity contribution in [1.82, 2.24) is 4.98 Å². The molecule has 0 aromatic carbocycles. The summed E-state index contributed by atoms with van der Waals surface area (Å²) in [6, 6.07) is 0. The quantitative estimate of drug-likeness (QED) is 0.550. The molecule has 4 heteroatoms. The van der Waals surface area contributed by atoms with Crippen molar-refractivity contribution in [2.45, 2.75) is 6.42 Å². The molecule has 1 aromatic rings. The number of likely N-dealkylation sites (N-methyl/N-ethyl adjacent to an activating group) is 1. The topological polar surface area (TPSA) is 33.2 Å². The van der Waals surface area contributed by atoms with Gasteiger partial charge in [0.15, 0.2) is 0 Å². The van der Waals surface area contributed by atoms with Crippen LogP contribution in [0.25, 0.3) is 0 Å². The third-order valence-corrected chi connectivity index (χ3v) is 2.45. The van der Waals surface area contributed by atoms with Gasteiger partial charge >= 0.3 is 0 Å². The summed E-state index contributed by atoms with van der Waals surface area (Å²) in [5.41, 5.74) is 1.77. The first-order valence-corrected chi connectivity index (χ1v) is 3.86. The summed E-state index contributed by atoms with van der Waals surface area (Å²) < 4.78 is 0. The molecule has 2 rings (SSSR count). The van der Waals surface area contributed by atoms with Crippen LogP contribution in [0, 0.1) is 0 Å². The summed E-state index contributed by atoms with van der Waals surface area (Å²) in [5.74, 6) is 0.990. The molecule has 0 N–H and O–H groups in total. The number of carbonyl (C=O) groups is 1. The molecule has 0 saturated carbocycles. The molecule has 52 valence electrons. The third kappa shape index (κ3) is 0.593. The van der Waals surface area contributed by atoms with Crippen molar-refractivity contribution >= 4 is 23.1 Å². The van der Waals surface area contributed by atoms with Gasteiger partial charge in [-0.2, -0.15) is 0 Å². The predicted molar refractivity (Wildman–Crippen MR) is 39.2 cm³/mol. The molecule has 0 unspecified atom stereocenters. The lowest BCUT2D eigenvalue weighted by atomic mass is 10.4. The van der Waals surface area contributed by atoms with Crippen LogP contribution in [-0.2, 0) is 11.2 Å². The fourth-order valence-corrected chi connectivity index (χ4v) is 1.81. The average molecular weight is 154 g/mol. The van der Waals surface area contributed by atoms with Gasteiger partial charge in [0.25, 0.3) is 0 Å². The van der Waals surface area contributed by atoms with Crippen molar-refractivity contribution < 1.29 is 4.79 Å². The molecule has 1 aromatic heterocycles. The zero-order valence-corrected chi connectivity index (χ0v) is 6.31. The molecule has 0 aliphatic carbocycles. The van der Waals surface area contributed by atoms with E-state index in [2.05, 4.69) is 4.98 Å². The van der Waals surface area contributed by atoms with E-state index >= 15 is 0 Å². The van der Waals surface area contributed by atoms with E-state index in [9.17, 15) is 4.79 Å². The molecular weight excluding hydrogens is 148 g/mol. The van der Waals surface area contributed by atoms with Crippen molar-refractivity contribution in [1.29, 1.82) is 0 Å². The molecular formula is C6H6N2OS. The molecule has 1 aliphatic heterocycles. The molecule has 1 aliphatic rings. The maximum Gasteiger partial charge on any atom is 0.233 e. The molecule has 0 bridgehead atoms. The van der Waals surface area contributed by atoms with Gasteiger partial charge in [-0.25, -0.2) is 4.98 Å². The first kappa shape index (κ1) is 5.85. The zero-order chi connectivity index (χ0) is 7.14. The van der Waals surface area contributed by atoms with Crippen LogP contribution < -0.4 is 4.90 Å². The minimum Gasteiger partial charge on any atom is -0.299 e. The molecule has 1 amide bonds. The lowest BCUT2D eigenvalue weighted by Crippen LogP contribution is -2.21. The van der Waals surface area contributed by atoms with Crippen LogP contribution in [0.1, 0.15) is 4.88 Å². The Bertz CT molecular complexity index is 281. The van der Waals surface area contributed by atoms with Gasteiger partial charge in [-0.3, -0.25) is 9.69 Å². The highest BCUT2D eigenvalue weighted by Crippen LogP contribution is 2.28. The Balaban J connectivity index is 2.52. The number of aromatic nitrogens is 1. The number of nitrogens with zero attached hydrogens (tertiary/aromatic N) is 2. The highest BCUT2D eigenvalue weighted by Gasteiger charge is 2.25. The van der Waals surface area contributed by atoms with E-state index in [1.807, 2.05) is 0 Å². The molecule has 3 nitrogen and oxygen atoms in total. The van der Waals surface area contributed by atoms with E-state index in [4.69, 9.17) is 0 Å². The second kappa shape index (κ2) is 1.79. The summed E-state index contributed by atoms with van der Waals surface area (Å²) in [7, 11) is 1.76.